The van der Waals surface area contributed by atoms with Gasteiger partial charge < -0.3 is 9.47 Å². The molecule has 0 spiro atoms. The molecule has 5 nitrogen and oxygen atoms in total. The number of aryl methyl sites for hydroxylation is 1. The summed E-state index contributed by atoms with van der Waals surface area (Å²) in [4.78, 5) is 12.2. The fourth-order valence-electron chi connectivity index (χ4n) is 3.09. The number of rotatable bonds is 10. The Morgan fingerprint density at radius 2 is 1.69 bits per heavy atom. The fraction of sp³-hybridized carbons (Fsp3) is 0.231. The van der Waals surface area contributed by atoms with Crippen molar-refractivity contribution in [1.82, 2.24) is 5.43 Å². The third kappa shape index (κ3) is 7.09. The van der Waals surface area contributed by atoms with Crippen LogP contribution in [0.4, 0.5) is 0 Å². The first-order valence-corrected chi connectivity index (χ1v) is 11.7. The average molecular weight is 542 g/mol. The van der Waals surface area contributed by atoms with E-state index in [1.165, 1.54) is 5.56 Å². The Hall–Kier alpha value is -2.87. The lowest BCUT2D eigenvalue weighted by Gasteiger charge is -2.14. The Kier molecular flexibility index (Phi) is 9.10. The SMILES string of the molecule is CCOc1cc(/C=N/NC(=O)Cc2ccc(CC)cc2)cc(I)c1OCc1ccccc1. The van der Waals surface area contributed by atoms with Gasteiger partial charge in [0.25, 0.3) is 0 Å². The van der Waals surface area contributed by atoms with Crippen LogP contribution in [0.1, 0.15) is 36.1 Å². The number of ether oxygens (including phenoxy) is 2. The predicted molar refractivity (Wildman–Crippen MR) is 136 cm³/mol. The Labute approximate surface area is 203 Å². The molecule has 0 radical (unpaired) electrons. The summed E-state index contributed by atoms with van der Waals surface area (Å²) in [6, 6.07) is 21.9. The number of carbonyl (C=O) groups is 1. The standard InChI is InChI=1S/C26H27IN2O3/c1-3-19-10-12-20(13-11-19)16-25(30)29-28-17-22-14-23(27)26(24(15-22)31-4-2)32-18-21-8-6-5-7-9-21/h5-15,17H,3-4,16,18H2,1-2H3,(H,29,30)/b28-17+. The molecule has 0 aromatic heterocycles. The van der Waals surface area contributed by atoms with E-state index in [0.717, 1.165) is 26.7 Å². The van der Waals surface area contributed by atoms with Crippen LogP contribution in [0.3, 0.4) is 0 Å². The van der Waals surface area contributed by atoms with Gasteiger partial charge in [0.2, 0.25) is 5.91 Å². The molecular formula is C26H27IN2O3. The molecule has 0 unspecified atom stereocenters. The summed E-state index contributed by atoms with van der Waals surface area (Å²) in [6.45, 7) is 5.02. The highest BCUT2D eigenvalue weighted by Gasteiger charge is 2.12. The molecule has 3 rings (SSSR count). The number of amides is 1. The van der Waals surface area contributed by atoms with Crippen LogP contribution in [0.15, 0.2) is 71.8 Å². The van der Waals surface area contributed by atoms with Crippen LogP contribution in [0, 0.1) is 3.57 Å². The van der Waals surface area contributed by atoms with Crippen LogP contribution in [-0.4, -0.2) is 18.7 Å². The molecule has 0 aliphatic carbocycles. The minimum absolute atomic E-state index is 0.159. The minimum Gasteiger partial charge on any atom is -0.490 e. The number of halogens is 1. The van der Waals surface area contributed by atoms with E-state index < -0.39 is 0 Å². The fourth-order valence-corrected chi connectivity index (χ4v) is 3.87. The van der Waals surface area contributed by atoms with Gasteiger partial charge in [-0.25, -0.2) is 5.43 Å². The lowest BCUT2D eigenvalue weighted by atomic mass is 10.1. The van der Waals surface area contributed by atoms with Crippen molar-refractivity contribution in [3.05, 3.63) is 92.6 Å². The molecule has 0 aliphatic heterocycles. The van der Waals surface area contributed by atoms with Crippen molar-refractivity contribution in [3.63, 3.8) is 0 Å². The number of hydrogen-bond acceptors (Lipinski definition) is 4. The first kappa shape index (κ1) is 23.8. The third-order valence-corrected chi connectivity index (χ3v) is 5.56. The first-order valence-electron chi connectivity index (χ1n) is 10.6. The van der Waals surface area contributed by atoms with E-state index in [4.69, 9.17) is 9.47 Å². The van der Waals surface area contributed by atoms with Crippen molar-refractivity contribution < 1.29 is 14.3 Å². The topological polar surface area (TPSA) is 59.9 Å². The van der Waals surface area contributed by atoms with Crippen molar-refractivity contribution in [2.75, 3.05) is 6.61 Å². The van der Waals surface area contributed by atoms with Crippen LogP contribution in [-0.2, 0) is 24.2 Å². The summed E-state index contributed by atoms with van der Waals surface area (Å²) in [5, 5.41) is 4.11. The third-order valence-electron chi connectivity index (χ3n) is 4.76. The number of benzene rings is 3. The van der Waals surface area contributed by atoms with E-state index in [-0.39, 0.29) is 12.3 Å². The van der Waals surface area contributed by atoms with Gasteiger partial charge in [0, 0.05) is 0 Å². The molecule has 3 aromatic rings. The number of hydrazone groups is 1. The number of nitrogens with zero attached hydrogens (tertiary/aromatic N) is 1. The maximum absolute atomic E-state index is 12.2. The summed E-state index contributed by atoms with van der Waals surface area (Å²) < 4.78 is 12.7. The van der Waals surface area contributed by atoms with Crippen LogP contribution in [0.2, 0.25) is 0 Å². The number of hydrogen-bond donors (Lipinski definition) is 1. The average Bonchev–Trinajstić information content (AvgIpc) is 2.80. The Bertz CT molecular complexity index is 1050. The maximum Gasteiger partial charge on any atom is 0.244 e. The molecule has 1 N–H and O–H groups in total. The molecule has 3 aromatic carbocycles. The van der Waals surface area contributed by atoms with Crippen LogP contribution < -0.4 is 14.9 Å². The minimum atomic E-state index is -0.159. The van der Waals surface area contributed by atoms with Crippen LogP contribution in [0.5, 0.6) is 11.5 Å². The first-order chi connectivity index (χ1) is 15.6. The van der Waals surface area contributed by atoms with Gasteiger partial charge in [-0.1, -0.05) is 61.5 Å². The Balaban J connectivity index is 1.63. The quantitative estimate of drug-likeness (QED) is 0.209. The largest absolute Gasteiger partial charge is 0.490 e. The molecule has 0 bridgehead atoms. The Morgan fingerprint density at radius 3 is 2.38 bits per heavy atom. The lowest BCUT2D eigenvalue weighted by molar-refractivity contribution is -0.120. The van der Waals surface area contributed by atoms with Gasteiger partial charge in [-0.3, -0.25) is 4.79 Å². The zero-order valence-corrected chi connectivity index (χ0v) is 20.5. The molecule has 1 amide bonds. The summed E-state index contributed by atoms with van der Waals surface area (Å²) in [7, 11) is 0. The Morgan fingerprint density at radius 1 is 0.969 bits per heavy atom. The van der Waals surface area contributed by atoms with Crippen molar-refractivity contribution in [1.29, 1.82) is 0 Å². The molecule has 0 aliphatic rings. The van der Waals surface area contributed by atoms with Crippen molar-refractivity contribution in [3.8, 4) is 11.5 Å². The van der Waals surface area contributed by atoms with E-state index in [1.54, 1.807) is 6.21 Å². The van der Waals surface area contributed by atoms with Crippen molar-refractivity contribution in [2.24, 2.45) is 5.10 Å². The highest BCUT2D eigenvalue weighted by atomic mass is 127. The molecule has 0 saturated heterocycles. The van der Waals surface area contributed by atoms with Crippen molar-refractivity contribution in [2.45, 2.75) is 33.3 Å². The number of nitrogens with one attached hydrogen (secondary N) is 1. The van der Waals surface area contributed by atoms with Gasteiger partial charge in [0.1, 0.15) is 6.61 Å². The van der Waals surface area contributed by atoms with Gasteiger partial charge in [-0.2, -0.15) is 5.10 Å². The van der Waals surface area contributed by atoms with Gasteiger partial charge in [-0.15, -0.1) is 0 Å². The van der Waals surface area contributed by atoms with E-state index in [9.17, 15) is 4.79 Å². The monoisotopic (exact) mass is 542 g/mol. The molecule has 6 heteroatoms. The normalized spacial score (nSPS) is 10.8. The van der Waals surface area contributed by atoms with E-state index >= 15 is 0 Å². The second kappa shape index (κ2) is 12.2. The predicted octanol–water partition coefficient (Wildman–Crippen LogP) is 5.52. The van der Waals surface area contributed by atoms with Gasteiger partial charge in [-0.05, 0) is 70.3 Å². The molecule has 32 heavy (non-hydrogen) atoms. The maximum atomic E-state index is 12.2. The van der Waals surface area contributed by atoms with Gasteiger partial charge >= 0.3 is 0 Å². The molecule has 0 atom stereocenters. The van der Waals surface area contributed by atoms with Crippen LogP contribution >= 0.6 is 22.6 Å². The highest BCUT2D eigenvalue weighted by Crippen LogP contribution is 2.34. The molecule has 0 saturated carbocycles. The summed E-state index contributed by atoms with van der Waals surface area (Å²) in [5.74, 6) is 1.19. The lowest BCUT2D eigenvalue weighted by Crippen LogP contribution is -2.19. The second-order valence-electron chi connectivity index (χ2n) is 7.18. The zero-order chi connectivity index (χ0) is 22.8. The summed E-state index contributed by atoms with van der Waals surface area (Å²) in [5.41, 5.74) is 6.71. The molecule has 0 fully saturated rings. The number of carbonyl (C=O) groups excluding carboxylic acids is 1. The highest BCUT2D eigenvalue weighted by molar-refractivity contribution is 14.1. The van der Waals surface area contributed by atoms with E-state index in [2.05, 4.69) is 40.0 Å². The van der Waals surface area contributed by atoms with E-state index in [1.807, 2.05) is 73.7 Å². The van der Waals surface area contributed by atoms with Crippen molar-refractivity contribution >= 4 is 34.7 Å². The molecular weight excluding hydrogens is 515 g/mol. The van der Waals surface area contributed by atoms with Gasteiger partial charge in [0.15, 0.2) is 11.5 Å². The van der Waals surface area contributed by atoms with Crippen LogP contribution in [0.25, 0.3) is 0 Å². The smallest absolute Gasteiger partial charge is 0.244 e. The zero-order valence-electron chi connectivity index (χ0n) is 18.3. The summed E-state index contributed by atoms with van der Waals surface area (Å²) >= 11 is 2.23. The molecule has 0 heterocycles. The van der Waals surface area contributed by atoms with Gasteiger partial charge in [0.05, 0.1) is 22.8 Å². The summed E-state index contributed by atoms with van der Waals surface area (Å²) in [6.07, 6.45) is 2.88. The van der Waals surface area contributed by atoms with E-state index in [0.29, 0.717) is 24.7 Å². The second-order valence-corrected chi connectivity index (χ2v) is 8.34. The molecule has 166 valence electrons.